The third kappa shape index (κ3) is 3.28. The minimum Gasteiger partial charge on any atom is -0.356 e. The van der Waals surface area contributed by atoms with Gasteiger partial charge < -0.3 is 4.74 Å². The number of ether oxygens (including phenoxy) is 1. The second kappa shape index (κ2) is 7.06. The van der Waals surface area contributed by atoms with Gasteiger partial charge in [-0.25, -0.2) is 13.1 Å². The summed E-state index contributed by atoms with van der Waals surface area (Å²) in [6.07, 6.45) is 6.26. The van der Waals surface area contributed by atoms with Crippen LogP contribution in [0, 0.1) is 6.92 Å². The maximum absolute atomic E-state index is 13.0. The highest BCUT2D eigenvalue weighted by Gasteiger charge is 2.33. The predicted octanol–water partition coefficient (Wildman–Crippen LogP) is 3.48. The first-order valence-electron chi connectivity index (χ1n) is 10.4. The van der Waals surface area contributed by atoms with Gasteiger partial charge in [0.05, 0.1) is 21.6 Å². The van der Waals surface area contributed by atoms with E-state index < -0.39 is 9.84 Å². The summed E-state index contributed by atoms with van der Waals surface area (Å²) >= 11 is 0. The van der Waals surface area contributed by atoms with Crippen molar-refractivity contribution in [3.63, 3.8) is 0 Å². The monoisotopic (exact) mass is 427 g/mol. The summed E-state index contributed by atoms with van der Waals surface area (Å²) in [7, 11) is -3.33. The molecule has 3 aromatic rings. The number of hydrogen-bond donors (Lipinski definition) is 0. The number of fused-ring (bicyclic) bond motifs is 1. The molecule has 158 valence electrons. The van der Waals surface area contributed by atoms with Gasteiger partial charge in [0.2, 0.25) is 0 Å². The van der Waals surface area contributed by atoms with E-state index in [0.29, 0.717) is 17.2 Å². The lowest BCUT2D eigenvalue weighted by Crippen LogP contribution is -2.20. The first-order chi connectivity index (χ1) is 14.3. The molecule has 0 radical (unpaired) electrons. The molecule has 2 aromatic heterocycles. The largest absolute Gasteiger partial charge is 0.356 e. The van der Waals surface area contributed by atoms with E-state index in [9.17, 15) is 13.2 Å². The highest BCUT2D eigenvalue weighted by atomic mass is 32.2. The van der Waals surface area contributed by atoms with Gasteiger partial charge >= 0.3 is 0 Å². The van der Waals surface area contributed by atoms with Crippen LogP contribution in [-0.2, 0) is 14.6 Å². The first kappa shape index (κ1) is 19.5. The number of benzene rings is 1. The lowest BCUT2D eigenvalue weighted by atomic mass is 10.1. The van der Waals surface area contributed by atoms with Crippen molar-refractivity contribution in [2.45, 2.75) is 56.1 Å². The van der Waals surface area contributed by atoms with Crippen LogP contribution in [0.4, 0.5) is 0 Å². The van der Waals surface area contributed by atoms with Crippen LogP contribution in [0.2, 0.25) is 0 Å². The molecule has 1 unspecified atom stereocenters. The van der Waals surface area contributed by atoms with Gasteiger partial charge in [0.15, 0.2) is 16.1 Å². The van der Waals surface area contributed by atoms with Crippen molar-refractivity contribution in [1.82, 2.24) is 14.3 Å². The Balaban J connectivity index is 1.74. The Morgan fingerprint density at radius 3 is 2.53 bits per heavy atom. The molecular weight excluding hydrogens is 402 g/mol. The molecule has 2 aliphatic rings. The van der Waals surface area contributed by atoms with Gasteiger partial charge in [-0.2, -0.15) is 5.10 Å². The van der Waals surface area contributed by atoms with Crippen LogP contribution in [0.25, 0.3) is 16.7 Å². The zero-order valence-corrected chi connectivity index (χ0v) is 18.0. The lowest BCUT2D eigenvalue weighted by molar-refractivity contribution is -0.0368. The number of aryl methyl sites for hydroxylation is 1. The molecule has 1 saturated carbocycles. The predicted molar refractivity (Wildman–Crippen MR) is 114 cm³/mol. The molecule has 8 heteroatoms. The molecule has 7 nitrogen and oxygen atoms in total. The molecule has 1 aromatic carbocycles. The molecule has 0 bridgehead atoms. The Kier molecular flexibility index (Phi) is 4.59. The fourth-order valence-corrected chi connectivity index (χ4v) is 5.35. The van der Waals surface area contributed by atoms with E-state index in [2.05, 4.69) is 0 Å². The standard InChI is InChI=1S/C22H25N3O4S/c1-14-13-16(8-10-18(14)30(2,27)28)24-19(26)11-9-17-22(24)21(15-6-7-15)23-25(17)20-5-3-4-12-29-20/h8-11,13,15,20H,3-7,12H2,1-2H3. The number of rotatable bonds is 4. The third-order valence-electron chi connectivity index (χ3n) is 5.98. The number of pyridine rings is 1. The zero-order chi connectivity index (χ0) is 21.0. The van der Waals surface area contributed by atoms with E-state index in [1.54, 1.807) is 35.8 Å². The van der Waals surface area contributed by atoms with E-state index in [4.69, 9.17) is 9.84 Å². The van der Waals surface area contributed by atoms with Crippen LogP contribution < -0.4 is 5.56 Å². The third-order valence-corrected chi connectivity index (χ3v) is 7.24. The summed E-state index contributed by atoms with van der Waals surface area (Å²) in [6.45, 7) is 2.47. The van der Waals surface area contributed by atoms with E-state index in [0.717, 1.165) is 55.4 Å². The minimum atomic E-state index is -3.33. The van der Waals surface area contributed by atoms with Crippen LogP contribution >= 0.6 is 0 Å². The number of sulfone groups is 1. The van der Waals surface area contributed by atoms with Crippen molar-refractivity contribution >= 4 is 20.9 Å². The van der Waals surface area contributed by atoms with Gasteiger partial charge in [0.25, 0.3) is 5.56 Å². The number of nitrogens with zero attached hydrogens (tertiary/aromatic N) is 3. The molecule has 1 aliphatic heterocycles. The van der Waals surface area contributed by atoms with Gasteiger partial charge in [-0.3, -0.25) is 9.36 Å². The lowest BCUT2D eigenvalue weighted by Gasteiger charge is -2.23. The number of aromatic nitrogens is 3. The van der Waals surface area contributed by atoms with Crippen LogP contribution in [0.3, 0.4) is 0 Å². The van der Waals surface area contributed by atoms with Crippen molar-refractivity contribution < 1.29 is 13.2 Å². The Morgan fingerprint density at radius 1 is 1.10 bits per heavy atom. The molecule has 1 aliphatic carbocycles. The van der Waals surface area contributed by atoms with Crippen LogP contribution in [-0.4, -0.2) is 35.6 Å². The summed E-state index contributed by atoms with van der Waals surface area (Å²) in [4.78, 5) is 13.3. The Labute approximate surface area is 175 Å². The SMILES string of the molecule is Cc1cc(-n2c(=O)ccc3c2c(C2CC2)nn3C2CCCCO2)ccc1S(C)(=O)=O. The highest BCUT2D eigenvalue weighted by Crippen LogP contribution is 2.43. The van der Waals surface area contributed by atoms with Crippen molar-refractivity contribution in [2.24, 2.45) is 0 Å². The zero-order valence-electron chi connectivity index (χ0n) is 17.2. The van der Waals surface area contributed by atoms with Crippen LogP contribution in [0.15, 0.2) is 40.0 Å². The number of hydrogen-bond acceptors (Lipinski definition) is 5. The summed E-state index contributed by atoms with van der Waals surface area (Å²) in [5, 5.41) is 4.92. The van der Waals surface area contributed by atoms with E-state index in [1.165, 1.54) is 6.26 Å². The molecule has 5 rings (SSSR count). The smallest absolute Gasteiger partial charge is 0.255 e. The average Bonchev–Trinajstić information content (AvgIpc) is 3.48. The van der Waals surface area contributed by atoms with Crippen molar-refractivity contribution in [3.05, 3.63) is 51.9 Å². The van der Waals surface area contributed by atoms with Gasteiger partial charge in [-0.05, 0) is 68.9 Å². The second-order valence-electron chi connectivity index (χ2n) is 8.39. The molecular formula is C22H25N3O4S. The van der Waals surface area contributed by atoms with Gasteiger partial charge in [-0.1, -0.05) is 0 Å². The van der Waals surface area contributed by atoms with E-state index in [1.807, 2.05) is 10.7 Å². The first-order valence-corrected chi connectivity index (χ1v) is 12.3. The summed E-state index contributed by atoms with van der Waals surface area (Å²) in [5.74, 6) is 0.349. The second-order valence-corrected chi connectivity index (χ2v) is 10.4. The van der Waals surface area contributed by atoms with Gasteiger partial charge in [0.1, 0.15) is 0 Å². The quantitative estimate of drug-likeness (QED) is 0.637. The maximum Gasteiger partial charge on any atom is 0.255 e. The molecule has 0 amide bonds. The Bertz CT molecular complexity index is 1300. The summed E-state index contributed by atoms with van der Waals surface area (Å²) in [5.41, 5.74) is 3.75. The summed E-state index contributed by atoms with van der Waals surface area (Å²) < 4.78 is 33.6. The van der Waals surface area contributed by atoms with Gasteiger partial charge in [0, 0.05) is 30.5 Å². The van der Waals surface area contributed by atoms with Crippen molar-refractivity contribution in [3.8, 4) is 5.69 Å². The molecule has 0 spiro atoms. The highest BCUT2D eigenvalue weighted by molar-refractivity contribution is 7.90. The normalized spacial score (nSPS) is 20.0. The van der Waals surface area contributed by atoms with Crippen LogP contribution in [0.1, 0.15) is 55.5 Å². The van der Waals surface area contributed by atoms with E-state index in [-0.39, 0.29) is 16.7 Å². The molecule has 2 fully saturated rings. The molecule has 30 heavy (non-hydrogen) atoms. The topological polar surface area (TPSA) is 83.2 Å². The molecule has 3 heterocycles. The minimum absolute atomic E-state index is 0.117. The molecule has 1 saturated heterocycles. The maximum atomic E-state index is 13.0. The Hall–Kier alpha value is -2.45. The van der Waals surface area contributed by atoms with E-state index >= 15 is 0 Å². The Morgan fingerprint density at radius 2 is 1.90 bits per heavy atom. The molecule has 1 atom stereocenters. The van der Waals surface area contributed by atoms with Crippen LogP contribution in [0.5, 0.6) is 0 Å². The van der Waals surface area contributed by atoms with Crippen molar-refractivity contribution in [2.75, 3.05) is 12.9 Å². The fraction of sp³-hybridized carbons (Fsp3) is 0.455. The van der Waals surface area contributed by atoms with Crippen molar-refractivity contribution in [1.29, 1.82) is 0 Å². The summed E-state index contributed by atoms with van der Waals surface area (Å²) in [6, 6.07) is 8.44. The fourth-order valence-electron chi connectivity index (χ4n) is 4.39. The average molecular weight is 428 g/mol. The van der Waals surface area contributed by atoms with Gasteiger partial charge in [-0.15, -0.1) is 0 Å². The molecule has 0 N–H and O–H groups in total.